The molecule has 2 fully saturated rings. The fraction of sp³-hybridized carbons (Fsp3) is 0.667. The van der Waals surface area contributed by atoms with Gasteiger partial charge in [0.25, 0.3) is 0 Å². The first-order chi connectivity index (χ1) is 10.8. The third kappa shape index (κ3) is 4.22. The first-order valence-electron chi connectivity index (χ1n) is 8.76. The third-order valence-electron chi connectivity index (χ3n) is 5.19. The van der Waals surface area contributed by atoms with Crippen molar-refractivity contribution in [2.24, 2.45) is 0 Å². The summed E-state index contributed by atoms with van der Waals surface area (Å²) in [5, 5.41) is 3.43. The molecular weight excluding hydrogens is 272 g/mol. The monoisotopic (exact) mass is 302 g/mol. The second-order valence-electron chi connectivity index (χ2n) is 6.63. The van der Waals surface area contributed by atoms with Gasteiger partial charge >= 0.3 is 0 Å². The molecule has 3 rings (SSSR count). The summed E-state index contributed by atoms with van der Waals surface area (Å²) in [4.78, 5) is 7.71. The molecule has 0 atom stereocenters. The minimum atomic E-state index is 0.753. The molecule has 0 aliphatic carbocycles. The molecule has 0 radical (unpaired) electrons. The smallest absolute Gasteiger partial charge is 0.0366 e. The molecule has 22 heavy (non-hydrogen) atoms. The van der Waals surface area contributed by atoms with Crippen molar-refractivity contribution in [1.29, 1.82) is 0 Å². The van der Waals surface area contributed by atoms with Crippen LogP contribution in [0.1, 0.15) is 12.8 Å². The maximum atomic E-state index is 3.43. The average Bonchev–Trinajstić information content (AvgIpc) is 2.61. The van der Waals surface area contributed by atoms with Gasteiger partial charge in [0.1, 0.15) is 0 Å². The minimum Gasteiger partial charge on any atom is -0.371 e. The maximum absolute atomic E-state index is 3.43. The van der Waals surface area contributed by atoms with Crippen molar-refractivity contribution in [2.45, 2.75) is 18.9 Å². The van der Waals surface area contributed by atoms with Gasteiger partial charge in [0.05, 0.1) is 0 Å². The van der Waals surface area contributed by atoms with E-state index >= 15 is 0 Å². The summed E-state index contributed by atoms with van der Waals surface area (Å²) in [7, 11) is 2.31. The molecule has 2 aliphatic heterocycles. The molecular formula is C18H30N4. The maximum Gasteiger partial charge on any atom is 0.0366 e. The molecule has 0 unspecified atom stereocenters. The summed E-state index contributed by atoms with van der Waals surface area (Å²) < 4.78 is 0. The predicted octanol–water partition coefficient (Wildman–Crippen LogP) is 1.49. The van der Waals surface area contributed by atoms with Crippen molar-refractivity contribution in [3.8, 4) is 0 Å². The van der Waals surface area contributed by atoms with Gasteiger partial charge in [-0.1, -0.05) is 18.2 Å². The van der Waals surface area contributed by atoms with Crippen molar-refractivity contribution >= 4 is 5.69 Å². The van der Waals surface area contributed by atoms with Crippen molar-refractivity contribution in [1.82, 2.24) is 15.1 Å². The second-order valence-corrected chi connectivity index (χ2v) is 6.63. The van der Waals surface area contributed by atoms with E-state index in [0.717, 1.165) is 19.1 Å². The largest absolute Gasteiger partial charge is 0.371 e. The molecule has 2 heterocycles. The number of hydrogen-bond donors (Lipinski definition) is 1. The van der Waals surface area contributed by atoms with Crippen LogP contribution in [0.25, 0.3) is 0 Å². The van der Waals surface area contributed by atoms with Crippen LogP contribution in [0.3, 0.4) is 0 Å². The standard InChI is InChI=1S/C18H30N4/c1-20(15-16-21-13-9-19-10-14-21)17-7-11-22(12-8-17)18-5-3-2-4-6-18/h2-6,17,19H,7-16H2,1H3. The van der Waals surface area contributed by atoms with E-state index < -0.39 is 0 Å². The molecule has 1 N–H and O–H groups in total. The van der Waals surface area contributed by atoms with E-state index in [1.165, 1.54) is 57.8 Å². The van der Waals surface area contributed by atoms with E-state index in [9.17, 15) is 0 Å². The highest BCUT2D eigenvalue weighted by atomic mass is 15.2. The summed E-state index contributed by atoms with van der Waals surface area (Å²) in [5.74, 6) is 0. The predicted molar refractivity (Wildman–Crippen MR) is 93.6 cm³/mol. The molecule has 0 spiro atoms. The number of anilines is 1. The molecule has 4 nitrogen and oxygen atoms in total. The topological polar surface area (TPSA) is 21.8 Å². The van der Waals surface area contributed by atoms with Gasteiger partial charge in [-0.05, 0) is 32.0 Å². The molecule has 122 valence electrons. The Morgan fingerprint density at radius 2 is 1.73 bits per heavy atom. The molecule has 0 saturated carbocycles. The third-order valence-corrected chi connectivity index (χ3v) is 5.19. The van der Waals surface area contributed by atoms with E-state index in [2.05, 4.69) is 57.4 Å². The van der Waals surface area contributed by atoms with Crippen LogP contribution in [0, 0.1) is 0 Å². The Morgan fingerprint density at radius 1 is 1.05 bits per heavy atom. The first kappa shape index (κ1) is 15.8. The Hall–Kier alpha value is -1.10. The zero-order valence-electron chi connectivity index (χ0n) is 13.9. The lowest BCUT2D eigenvalue weighted by Crippen LogP contribution is -2.48. The molecule has 0 amide bonds. The van der Waals surface area contributed by atoms with Crippen LogP contribution in [-0.2, 0) is 0 Å². The first-order valence-corrected chi connectivity index (χ1v) is 8.76. The summed E-state index contributed by atoms with van der Waals surface area (Å²) in [6.07, 6.45) is 2.57. The minimum absolute atomic E-state index is 0.753. The van der Waals surface area contributed by atoms with Crippen LogP contribution in [0.2, 0.25) is 0 Å². The lowest BCUT2D eigenvalue weighted by atomic mass is 10.0. The van der Waals surface area contributed by atoms with E-state index in [-0.39, 0.29) is 0 Å². The molecule has 4 heteroatoms. The number of piperidine rings is 1. The molecule has 0 aromatic heterocycles. The van der Waals surface area contributed by atoms with Gasteiger partial charge < -0.3 is 15.1 Å². The Kier molecular flexibility index (Phi) is 5.70. The number of likely N-dealkylation sites (N-methyl/N-ethyl adjacent to an activating group) is 1. The highest BCUT2D eigenvalue weighted by Crippen LogP contribution is 2.21. The van der Waals surface area contributed by atoms with Crippen molar-refractivity contribution < 1.29 is 0 Å². The molecule has 2 saturated heterocycles. The number of nitrogens with zero attached hydrogens (tertiary/aromatic N) is 3. The van der Waals surface area contributed by atoms with Gasteiger partial charge in [0, 0.05) is 64.1 Å². The van der Waals surface area contributed by atoms with Gasteiger partial charge in [-0.25, -0.2) is 0 Å². The molecule has 1 aromatic rings. The summed E-state index contributed by atoms with van der Waals surface area (Å²) >= 11 is 0. The fourth-order valence-corrected chi connectivity index (χ4v) is 3.62. The zero-order valence-corrected chi connectivity index (χ0v) is 13.9. The Bertz CT molecular complexity index is 422. The lowest BCUT2D eigenvalue weighted by Gasteiger charge is -2.38. The highest BCUT2D eigenvalue weighted by Gasteiger charge is 2.22. The van der Waals surface area contributed by atoms with Crippen molar-refractivity contribution in [3.63, 3.8) is 0 Å². The van der Waals surface area contributed by atoms with Crippen LogP contribution in [-0.4, -0.2) is 75.2 Å². The quantitative estimate of drug-likeness (QED) is 0.889. The summed E-state index contributed by atoms with van der Waals surface area (Å²) in [6, 6.07) is 11.6. The number of nitrogens with one attached hydrogen (secondary N) is 1. The van der Waals surface area contributed by atoms with Gasteiger partial charge in [0.15, 0.2) is 0 Å². The number of rotatable bonds is 5. The number of benzene rings is 1. The fourth-order valence-electron chi connectivity index (χ4n) is 3.62. The van der Waals surface area contributed by atoms with Gasteiger partial charge in [-0.2, -0.15) is 0 Å². The van der Waals surface area contributed by atoms with Crippen molar-refractivity contribution in [3.05, 3.63) is 30.3 Å². The Labute approximate surface area is 135 Å². The number of piperazine rings is 1. The Morgan fingerprint density at radius 3 is 2.41 bits per heavy atom. The van der Waals surface area contributed by atoms with Crippen LogP contribution in [0.5, 0.6) is 0 Å². The molecule has 2 aliphatic rings. The van der Waals surface area contributed by atoms with Crippen LogP contribution in [0.15, 0.2) is 30.3 Å². The van der Waals surface area contributed by atoms with Gasteiger partial charge in [-0.15, -0.1) is 0 Å². The van der Waals surface area contributed by atoms with E-state index in [0.29, 0.717) is 0 Å². The van der Waals surface area contributed by atoms with E-state index in [1.54, 1.807) is 0 Å². The molecule has 0 bridgehead atoms. The second kappa shape index (κ2) is 7.95. The normalized spacial score (nSPS) is 21.5. The molecule has 1 aromatic carbocycles. The highest BCUT2D eigenvalue weighted by molar-refractivity contribution is 5.46. The van der Waals surface area contributed by atoms with E-state index in [4.69, 9.17) is 0 Å². The van der Waals surface area contributed by atoms with E-state index in [1.807, 2.05) is 0 Å². The summed E-state index contributed by atoms with van der Waals surface area (Å²) in [6.45, 7) is 9.52. The van der Waals surface area contributed by atoms with Crippen molar-refractivity contribution in [2.75, 3.05) is 64.3 Å². The lowest BCUT2D eigenvalue weighted by molar-refractivity contribution is 0.161. The number of hydrogen-bond acceptors (Lipinski definition) is 4. The zero-order chi connectivity index (χ0) is 15.2. The van der Waals surface area contributed by atoms with Crippen LogP contribution < -0.4 is 10.2 Å². The average molecular weight is 302 g/mol. The Balaban J connectivity index is 1.40. The van der Waals surface area contributed by atoms with Gasteiger partial charge in [0.2, 0.25) is 0 Å². The van der Waals surface area contributed by atoms with Crippen LogP contribution >= 0.6 is 0 Å². The van der Waals surface area contributed by atoms with Gasteiger partial charge in [-0.3, -0.25) is 4.90 Å². The number of para-hydroxylation sites is 1. The SMILES string of the molecule is CN(CCN1CCNCC1)C1CCN(c2ccccc2)CC1. The van der Waals surface area contributed by atoms with Crippen LogP contribution in [0.4, 0.5) is 5.69 Å². The summed E-state index contributed by atoms with van der Waals surface area (Å²) in [5.41, 5.74) is 1.38.